The number of aromatic nitrogens is 4. The molecule has 0 spiro atoms. The summed E-state index contributed by atoms with van der Waals surface area (Å²) in [5.41, 5.74) is 2.28. The highest BCUT2D eigenvalue weighted by molar-refractivity contribution is 6.33. The first-order chi connectivity index (χ1) is 13.4. The maximum Gasteiger partial charge on any atom is 0.270 e. The third kappa shape index (κ3) is 4.51. The van der Waals surface area contributed by atoms with Crippen LogP contribution in [0.25, 0.3) is 11.4 Å². The van der Waals surface area contributed by atoms with Gasteiger partial charge in [0.05, 0.1) is 16.2 Å². The number of rotatable bonds is 6. The third-order valence-corrected chi connectivity index (χ3v) is 3.77. The van der Waals surface area contributed by atoms with Gasteiger partial charge in [0.15, 0.2) is 0 Å². The summed E-state index contributed by atoms with van der Waals surface area (Å²) in [7, 11) is 0. The number of nitro groups is 1. The Kier molecular flexibility index (Phi) is 5.65. The summed E-state index contributed by atoms with van der Waals surface area (Å²) in [5.74, 6) is -1.07. The highest BCUT2D eigenvalue weighted by Gasteiger charge is 2.12. The number of tetrazole rings is 1. The molecule has 0 aliphatic carbocycles. The van der Waals surface area contributed by atoms with E-state index in [1.165, 1.54) is 0 Å². The van der Waals surface area contributed by atoms with Gasteiger partial charge >= 0.3 is 0 Å². The number of carbonyl (C=O) groups excluding carboxylic acids is 1. The minimum absolute atomic E-state index is 0.144. The van der Waals surface area contributed by atoms with E-state index in [0.29, 0.717) is 10.6 Å². The van der Waals surface area contributed by atoms with Gasteiger partial charge in [-0.2, -0.15) is 9.90 Å². The smallest absolute Gasteiger partial charge is 0.270 e. The van der Waals surface area contributed by atoms with Crippen LogP contribution in [-0.2, 0) is 11.3 Å². The summed E-state index contributed by atoms with van der Waals surface area (Å²) in [5, 5.41) is 26.4. The topological polar surface area (TPSA) is 128 Å². The summed E-state index contributed by atoms with van der Waals surface area (Å²) in [6.45, 7) is -0.299. The van der Waals surface area contributed by atoms with E-state index in [9.17, 15) is 19.3 Å². The fourth-order valence-corrected chi connectivity index (χ4v) is 2.36. The lowest BCUT2D eigenvalue weighted by Gasteiger charge is -1.99. The molecule has 0 unspecified atom stereocenters. The van der Waals surface area contributed by atoms with Crippen molar-refractivity contribution in [1.82, 2.24) is 25.6 Å². The Hall–Kier alpha value is -3.73. The van der Waals surface area contributed by atoms with Gasteiger partial charge in [0.25, 0.3) is 11.6 Å². The van der Waals surface area contributed by atoms with Crippen LogP contribution >= 0.6 is 11.6 Å². The quantitative estimate of drug-likeness (QED) is 0.381. The van der Waals surface area contributed by atoms with Crippen molar-refractivity contribution in [3.05, 3.63) is 69.0 Å². The second kappa shape index (κ2) is 8.31. The number of amides is 1. The number of nitrogens with one attached hydrogen (secondary N) is 1. The van der Waals surface area contributed by atoms with Crippen LogP contribution < -0.4 is 5.43 Å². The number of hydrazone groups is 1. The molecule has 0 saturated carbocycles. The monoisotopic (exact) mass is 403 g/mol. The minimum atomic E-state index is -0.717. The van der Waals surface area contributed by atoms with Crippen LogP contribution in [0.3, 0.4) is 0 Å². The van der Waals surface area contributed by atoms with Crippen LogP contribution in [0.2, 0.25) is 5.02 Å². The number of benzene rings is 2. The first-order valence-corrected chi connectivity index (χ1v) is 8.10. The molecule has 12 heteroatoms. The summed E-state index contributed by atoms with van der Waals surface area (Å²) < 4.78 is 13.6. The number of nitrogens with zero attached hydrogens (tertiary/aromatic N) is 6. The van der Waals surface area contributed by atoms with Crippen molar-refractivity contribution >= 4 is 29.4 Å². The molecule has 1 N–H and O–H groups in total. The Labute approximate surface area is 161 Å². The molecule has 0 radical (unpaired) electrons. The molecule has 142 valence electrons. The van der Waals surface area contributed by atoms with Gasteiger partial charge < -0.3 is 0 Å². The zero-order valence-electron chi connectivity index (χ0n) is 14.0. The van der Waals surface area contributed by atoms with E-state index in [1.807, 2.05) is 0 Å². The summed E-state index contributed by atoms with van der Waals surface area (Å²) in [6.07, 6.45) is 0.962. The molecule has 3 aromatic rings. The van der Waals surface area contributed by atoms with Crippen molar-refractivity contribution in [2.45, 2.75) is 6.54 Å². The molecule has 0 atom stereocenters. The van der Waals surface area contributed by atoms with Crippen molar-refractivity contribution in [1.29, 1.82) is 0 Å². The van der Waals surface area contributed by atoms with Crippen molar-refractivity contribution < 1.29 is 14.1 Å². The van der Waals surface area contributed by atoms with Crippen LogP contribution in [-0.4, -0.2) is 37.3 Å². The van der Waals surface area contributed by atoms with E-state index in [1.54, 1.807) is 24.3 Å². The van der Waals surface area contributed by atoms with E-state index < -0.39 is 16.6 Å². The minimum Gasteiger partial charge on any atom is -0.271 e. The SMILES string of the molecule is O=C(Cn1nnc(-c2ccccc2Cl)n1)NN=Cc1cc([N+](=O)[O-])ccc1F. The standard InChI is InChI=1S/C16H11ClFN7O3/c17-13-4-2-1-3-12(13)16-21-23-24(22-16)9-15(26)20-19-8-10-7-11(25(27)28)5-6-14(10)18/h1-8H,9H2,(H,20,26). The maximum atomic E-state index is 13.6. The number of non-ortho nitro benzene ring substituents is 1. The van der Waals surface area contributed by atoms with Gasteiger partial charge in [-0.15, -0.1) is 10.2 Å². The normalized spacial score (nSPS) is 10.9. The largest absolute Gasteiger partial charge is 0.271 e. The predicted molar refractivity (Wildman–Crippen MR) is 97.1 cm³/mol. The van der Waals surface area contributed by atoms with Crippen molar-refractivity contribution in [2.24, 2.45) is 5.10 Å². The summed E-state index contributed by atoms with van der Waals surface area (Å²) in [6, 6.07) is 9.87. The molecule has 0 bridgehead atoms. The molecule has 28 heavy (non-hydrogen) atoms. The fourth-order valence-electron chi connectivity index (χ4n) is 2.14. The number of carbonyl (C=O) groups is 1. The van der Waals surface area contributed by atoms with Crippen LogP contribution in [0, 0.1) is 15.9 Å². The van der Waals surface area contributed by atoms with E-state index in [0.717, 1.165) is 29.2 Å². The first-order valence-electron chi connectivity index (χ1n) is 7.72. The van der Waals surface area contributed by atoms with E-state index in [4.69, 9.17) is 11.6 Å². The number of hydrogen-bond acceptors (Lipinski definition) is 7. The number of nitro benzene ring substituents is 1. The highest BCUT2D eigenvalue weighted by Crippen LogP contribution is 2.23. The van der Waals surface area contributed by atoms with Gasteiger partial charge in [0.1, 0.15) is 12.4 Å². The van der Waals surface area contributed by atoms with Crippen LogP contribution in [0.1, 0.15) is 5.56 Å². The Bertz CT molecular complexity index is 1070. The van der Waals surface area contributed by atoms with E-state index in [2.05, 4.69) is 25.9 Å². The van der Waals surface area contributed by atoms with E-state index in [-0.39, 0.29) is 23.6 Å². The molecule has 0 fully saturated rings. The van der Waals surface area contributed by atoms with Gasteiger partial charge in [-0.25, -0.2) is 9.82 Å². The molecule has 1 aromatic heterocycles. The van der Waals surface area contributed by atoms with Crippen molar-refractivity contribution in [3.63, 3.8) is 0 Å². The van der Waals surface area contributed by atoms with E-state index >= 15 is 0 Å². The molecule has 1 amide bonds. The molecule has 10 nitrogen and oxygen atoms in total. The Balaban J connectivity index is 1.62. The van der Waals surface area contributed by atoms with Crippen molar-refractivity contribution in [2.75, 3.05) is 0 Å². The third-order valence-electron chi connectivity index (χ3n) is 3.44. The Morgan fingerprint density at radius 1 is 1.36 bits per heavy atom. The van der Waals surface area contributed by atoms with Crippen molar-refractivity contribution in [3.8, 4) is 11.4 Å². The molecule has 3 rings (SSSR count). The maximum absolute atomic E-state index is 13.6. The lowest BCUT2D eigenvalue weighted by Crippen LogP contribution is -2.24. The zero-order valence-corrected chi connectivity index (χ0v) is 14.7. The average molecular weight is 404 g/mol. The van der Waals surface area contributed by atoms with Gasteiger partial charge in [-0.3, -0.25) is 14.9 Å². The van der Waals surface area contributed by atoms with Gasteiger partial charge in [0.2, 0.25) is 5.82 Å². The molecule has 1 heterocycles. The van der Waals surface area contributed by atoms with Crippen LogP contribution in [0.5, 0.6) is 0 Å². The lowest BCUT2D eigenvalue weighted by molar-refractivity contribution is -0.384. The number of hydrogen-bond donors (Lipinski definition) is 1. The Morgan fingerprint density at radius 3 is 2.89 bits per heavy atom. The highest BCUT2D eigenvalue weighted by atomic mass is 35.5. The van der Waals surface area contributed by atoms with Gasteiger partial charge in [-0.1, -0.05) is 23.7 Å². The first kappa shape index (κ1) is 19.0. The van der Waals surface area contributed by atoms with Gasteiger partial charge in [0, 0.05) is 23.3 Å². The summed E-state index contributed by atoms with van der Waals surface area (Å²) in [4.78, 5) is 23.0. The summed E-state index contributed by atoms with van der Waals surface area (Å²) >= 11 is 6.06. The predicted octanol–water partition coefficient (Wildman–Crippen LogP) is 2.19. The molecular weight excluding hydrogens is 393 g/mol. The molecule has 0 aliphatic heterocycles. The number of halogens is 2. The second-order valence-electron chi connectivity index (χ2n) is 5.38. The fraction of sp³-hybridized carbons (Fsp3) is 0.0625. The molecule has 0 aliphatic rings. The molecule has 2 aromatic carbocycles. The average Bonchev–Trinajstić information content (AvgIpc) is 3.11. The van der Waals surface area contributed by atoms with Crippen LogP contribution in [0.15, 0.2) is 47.6 Å². The lowest BCUT2D eigenvalue weighted by atomic mass is 10.2. The molecular formula is C16H11ClFN7O3. The second-order valence-corrected chi connectivity index (χ2v) is 5.79. The van der Waals surface area contributed by atoms with Crippen LogP contribution in [0.4, 0.5) is 10.1 Å². The molecule has 0 saturated heterocycles. The Morgan fingerprint density at radius 2 is 2.14 bits per heavy atom. The zero-order chi connectivity index (χ0) is 20.1. The van der Waals surface area contributed by atoms with Gasteiger partial charge in [-0.05, 0) is 23.4 Å².